The molecule has 1 aliphatic heterocycles. The van der Waals surface area contributed by atoms with Crippen molar-refractivity contribution in [3.63, 3.8) is 0 Å². The molecule has 3 rings (SSSR count). The number of carbonyl (C=O) groups is 1. The van der Waals surface area contributed by atoms with E-state index in [0.717, 1.165) is 0 Å². The van der Waals surface area contributed by atoms with E-state index >= 15 is 0 Å². The lowest BCUT2D eigenvalue weighted by atomic mass is 10.2. The molecular formula is C15H12ClFN2O3. The van der Waals surface area contributed by atoms with Gasteiger partial charge in [0, 0.05) is 16.8 Å². The SMILES string of the molecule is O=C(CNc1ccc(Cl)cc1F)Nc1ccc2c(c1)OCO2. The number of ether oxygens (including phenoxy) is 2. The maximum absolute atomic E-state index is 13.6. The Morgan fingerprint density at radius 2 is 2.00 bits per heavy atom. The molecule has 7 heteroatoms. The minimum Gasteiger partial charge on any atom is -0.454 e. The highest BCUT2D eigenvalue weighted by atomic mass is 35.5. The molecule has 5 nitrogen and oxygen atoms in total. The molecule has 2 aromatic carbocycles. The Morgan fingerprint density at radius 1 is 1.18 bits per heavy atom. The van der Waals surface area contributed by atoms with Crippen LogP contribution in [-0.4, -0.2) is 19.2 Å². The van der Waals surface area contributed by atoms with Gasteiger partial charge in [0.1, 0.15) is 5.82 Å². The number of hydrogen-bond donors (Lipinski definition) is 2. The zero-order valence-corrected chi connectivity index (χ0v) is 12.1. The molecule has 2 aromatic rings. The van der Waals surface area contributed by atoms with E-state index in [2.05, 4.69) is 10.6 Å². The van der Waals surface area contributed by atoms with Crippen molar-refractivity contribution in [2.75, 3.05) is 24.0 Å². The normalized spacial score (nSPS) is 12.1. The number of amides is 1. The van der Waals surface area contributed by atoms with E-state index in [9.17, 15) is 9.18 Å². The Labute approximate surface area is 131 Å². The van der Waals surface area contributed by atoms with Crippen LogP contribution in [0.2, 0.25) is 5.02 Å². The van der Waals surface area contributed by atoms with Crippen molar-refractivity contribution < 1.29 is 18.7 Å². The van der Waals surface area contributed by atoms with Gasteiger partial charge in [-0.05, 0) is 30.3 Å². The zero-order valence-electron chi connectivity index (χ0n) is 11.4. The molecule has 0 aliphatic carbocycles. The molecule has 0 saturated heterocycles. The summed E-state index contributed by atoms with van der Waals surface area (Å²) in [7, 11) is 0. The van der Waals surface area contributed by atoms with Crippen LogP contribution in [0.25, 0.3) is 0 Å². The molecule has 0 saturated carbocycles. The second-order valence-electron chi connectivity index (χ2n) is 4.59. The van der Waals surface area contributed by atoms with Gasteiger partial charge in [0.15, 0.2) is 11.5 Å². The van der Waals surface area contributed by atoms with E-state index in [1.54, 1.807) is 24.3 Å². The Bertz CT molecular complexity index is 724. The van der Waals surface area contributed by atoms with Crippen molar-refractivity contribution in [1.82, 2.24) is 0 Å². The fourth-order valence-corrected chi connectivity index (χ4v) is 2.15. The topological polar surface area (TPSA) is 59.6 Å². The van der Waals surface area contributed by atoms with Crippen LogP contribution in [0.1, 0.15) is 0 Å². The van der Waals surface area contributed by atoms with Crippen molar-refractivity contribution in [2.45, 2.75) is 0 Å². The average molecular weight is 323 g/mol. The highest BCUT2D eigenvalue weighted by molar-refractivity contribution is 6.30. The van der Waals surface area contributed by atoms with Gasteiger partial charge in [-0.3, -0.25) is 4.79 Å². The summed E-state index contributed by atoms with van der Waals surface area (Å²) < 4.78 is 24.0. The van der Waals surface area contributed by atoms with E-state index in [0.29, 0.717) is 22.2 Å². The molecule has 0 bridgehead atoms. The number of carbonyl (C=O) groups excluding carboxylic acids is 1. The van der Waals surface area contributed by atoms with Crippen molar-refractivity contribution in [2.24, 2.45) is 0 Å². The van der Waals surface area contributed by atoms with Crippen LogP contribution >= 0.6 is 11.6 Å². The monoisotopic (exact) mass is 322 g/mol. The molecule has 0 unspecified atom stereocenters. The molecule has 0 fully saturated rings. The fraction of sp³-hybridized carbons (Fsp3) is 0.133. The van der Waals surface area contributed by atoms with E-state index in [1.807, 2.05) is 0 Å². The summed E-state index contributed by atoms with van der Waals surface area (Å²) in [5.74, 6) is 0.394. The highest BCUT2D eigenvalue weighted by Crippen LogP contribution is 2.34. The van der Waals surface area contributed by atoms with Gasteiger partial charge < -0.3 is 20.1 Å². The first-order chi connectivity index (χ1) is 10.6. The van der Waals surface area contributed by atoms with Crippen molar-refractivity contribution in [3.05, 3.63) is 47.2 Å². The Balaban J connectivity index is 1.58. The predicted octanol–water partition coefficient (Wildman–Crippen LogP) is 3.26. The quantitative estimate of drug-likeness (QED) is 0.907. The molecule has 2 N–H and O–H groups in total. The number of fused-ring (bicyclic) bond motifs is 1. The molecule has 0 atom stereocenters. The summed E-state index contributed by atoms with van der Waals surface area (Å²) in [4.78, 5) is 11.9. The second-order valence-corrected chi connectivity index (χ2v) is 5.03. The van der Waals surface area contributed by atoms with Crippen LogP contribution in [0.5, 0.6) is 11.5 Å². The first-order valence-electron chi connectivity index (χ1n) is 6.50. The lowest BCUT2D eigenvalue weighted by molar-refractivity contribution is -0.114. The maximum atomic E-state index is 13.6. The Hall–Kier alpha value is -2.47. The number of anilines is 2. The summed E-state index contributed by atoms with van der Waals surface area (Å²) in [6.07, 6.45) is 0. The lowest BCUT2D eigenvalue weighted by Gasteiger charge is -2.09. The summed E-state index contributed by atoms with van der Waals surface area (Å²) in [6.45, 7) is 0.0944. The molecule has 0 radical (unpaired) electrons. The largest absolute Gasteiger partial charge is 0.454 e. The zero-order chi connectivity index (χ0) is 15.5. The minimum atomic E-state index is -0.511. The van der Waals surface area contributed by atoms with Crippen molar-refractivity contribution in [1.29, 1.82) is 0 Å². The van der Waals surface area contributed by atoms with Crippen LogP contribution in [0.4, 0.5) is 15.8 Å². The van der Waals surface area contributed by atoms with Crippen LogP contribution in [0.15, 0.2) is 36.4 Å². The first-order valence-corrected chi connectivity index (χ1v) is 6.88. The molecule has 114 valence electrons. The van der Waals surface area contributed by atoms with Gasteiger partial charge in [0.2, 0.25) is 12.7 Å². The molecule has 1 heterocycles. The molecule has 0 spiro atoms. The number of halogens is 2. The summed E-state index contributed by atoms with van der Waals surface area (Å²) in [5.41, 5.74) is 0.790. The molecule has 22 heavy (non-hydrogen) atoms. The average Bonchev–Trinajstić information content (AvgIpc) is 2.94. The van der Waals surface area contributed by atoms with Gasteiger partial charge in [0.25, 0.3) is 0 Å². The van der Waals surface area contributed by atoms with Crippen LogP contribution < -0.4 is 20.1 Å². The second kappa shape index (κ2) is 6.11. The minimum absolute atomic E-state index is 0.0764. The van der Waals surface area contributed by atoms with E-state index in [-0.39, 0.29) is 24.9 Å². The first kappa shape index (κ1) is 14.5. The summed E-state index contributed by atoms with van der Waals surface area (Å²) >= 11 is 5.66. The molecule has 0 aromatic heterocycles. The van der Waals surface area contributed by atoms with Gasteiger partial charge in [-0.25, -0.2) is 4.39 Å². The van der Waals surface area contributed by atoms with Crippen molar-refractivity contribution in [3.8, 4) is 11.5 Å². The lowest BCUT2D eigenvalue weighted by Crippen LogP contribution is -2.22. The molecular weight excluding hydrogens is 311 g/mol. The Morgan fingerprint density at radius 3 is 2.82 bits per heavy atom. The van der Waals surface area contributed by atoms with Crippen molar-refractivity contribution >= 4 is 28.9 Å². The van der Waals surface area contributed by atoms with Gasteiger partial charge in [-0.15, -0.1) is 0 Å². The van der Waals surface area contributed by atoms with Crippen LogP contribution in [0.3, 0.4) is 0 Å². The molecule has 1 amide bonds. The number of nitrogens with one attached hydrogen (secondary N) is 2. The smallest absolute Gasteiger partial charge is 0.243 e. The highest BCUT2D eigenvalue weighted by Gasteiger charge is 2.14. The number of benzene rings is 2. The Kier molecular flexibility index (Phi) is 4.02. The van der Waals surface area contributed by atoms with Crippen LogP contribution in [-0.2, 0) is 4.79 Å². The van der Waals surface area contributed by atoms with E-state index in [1.165, 1.54) is 12.1 Å². The fourth-order valence-electron chi connectivity index (χ4n) is 1.99. The number of hydrogen-bond acceptors (Lipinski definition) is 4. The van der Waals surface area contributed by atoms with E-state index in [4.69, 9.17) is 21.1 Å². The van der Waals surface area contributed by atoms with Gasteiger partial charge in [-0.1, -0.05) is 11.6 Å². The standard InChI is InChI=1S/C15H12ClFN2O3/c16-9-1-3-12(11(17)5-9)18-7-15(20)19-10-2-4-13-14(6-10)22-8-21-13/h1-6,18H,7-8H2,(H,19,20). The summed E-state index contributed by atoms with van der Waals surface area (Å²) in [6, 6.07) is 9.29. The number of rotatable bonds is 4. The van der Waals surface area contributed by atoms with Gasteiger partial charge >= 0.3 is 0 Å². The molecule has 1 aliphatic rings. The third-order valence-corrected chi connectivity index (χ3v) is 3.26. The third kappa shape index (κ3) is 3.23. The summed E-state index contributed by atoms with van der Waals surface area (Å²) in [5, 5.41) is 5.70. The van der Waals surface area contributed by atoms with Gasteiger partial charge in [0.05, 0.1) is 12.2 Å². The van der Waals surface area contributed by atoms with E-state index < -0.39 is 5.82 Å². The van der Waals surface area contributed by atoms with Crippen LogP contribution in [0, 0.1) is 5.82 Å². The maximum Gasteiger partial charge on any atom is 0.243 e. The third-order valence-electron chi connectivity index (χ3n) is 3.03. The predicted molar refractivity (Wildman–Crippen MR) is 81.1 cm³/mol. The van der Waals surface area contributed by atoms with Gasteiger partial charge in [-0.2, -0.15) is 0 Å².